The molecule has 1 atom stereocenters. The Morgan fingerprint density at radius 2 is 2.41 bits per heavy atom. The lowest BCUT2D eigenvalue weighted by molar-refractivity contribution is 0.110. The summed E-state index contributed by atoms with van der Waals surface area (Å²) in [7, 11) is 0. The maximum atomic E-state index is 5.55. The molecule has 1 fully saturated rings. The molecular weight excluding hydrogens is 238 g/mol. The van der Waals surface area contributed by atoms with Gasteiger partial charge in [-0.1, -0.05) is 0 Å². The van der Waals surface area contributed by atoms with Crippen LogP contribution in [0.2, 0.25) is 0 Å². The van der Waals surface area contributed by atoms with Crippen LogP contribution in [-0.2, 0) is 11.3 Å². The Morgan fingerprint density at radius 3 is 3.00 bits per heavy atom. The molecule has 0 aliphatic carbocycles. The van der Waals surface area contributed by atoms with Gasteiger partial charge in [-0.05, 0) is 26.7 Å². The van der Waals surface area contributed by atoms with E-state index in [-0.39, 0.29) is 12.4 Å². The van der Waals surface area contributed by atoms with Gasteiger partial charge in [0.1, 0.15) is 0 Å². The predicted octanol–water partition coefficient (Wildman–Crippen LogP) is 2.15. The molecule has 1 aromatic heterocycles. The fourth-order valence-electron chi connectivity index (χ4n) is 1.93. The van der Waals surface area contributed by atoms with Crippen LogP contribution in [-0.4, -0.2) is 29.0 Å². The number of ether oxygens (including phenoxy) is 1. The molecule has 98 valence electrons. The van der Waals surface area contributed by atoms with Crippen LogP contribution in [0.3, 0.4) is 0 Å². The Labute approximate surface area is 109 Å². The SMILES string of the molecule is CC(C)n1cc(CNCC2CCCO2)cn1.Cl. The highest BCUT2D eigenvalue weighted by molar-refractivity contribution is 5.85. The highest BCUT2D eigenvalue weighted by atomic mass is 35.5. The van der Waals surface area contributed by atoms with Crippen LogP contribution in [0, 0.1) is 0 Å². The highest BCUT2D eigenvalue weighted by Gasteiger charge is 2.14. The summed E-state index contributed by atoms with van der Waals surface area (Å²) in [5, 5.41) is 7.73. The van der Waals surface area contributed by atoms with E-state index >= 15 is 0 Å². The third kappa shape index (κ3) is 4.30. The molecule has 0 saturated carbocycles. The first-order chi connectivity index (χ1) is 7.75. The van der Waals surface area contributed by atoms with Gasteiger partial charge in [0.15, 0.2) is 0 Å². The number of aromatic nitrogens is 2. The quantitative estimate of drug-likeness (QED) is 0.881. The Kier molecular flexibility index (Phi) is 5.95. The Bertz CT molecular complexity index is 321. The van der Waals surface area contributed by atoms with Crippen LogP contribution in [0.5, 0.6) is 0 Å². The molecule has 1 aliphatic heterocycles. The first kappa shape index (κ1) is 14.5. The van der Waals surface area contributed by atoms with Crippen molar-refractivity contribution in [3.63, 3.8) is 0 Å². The molecule has 2 heterocycles. The molecule has 0 bridgehead atoms. The molecule has 17 heavy (non-hydrogen) atoms. The number of halogens is 1. The van der Waals surface area contributed by atoms with Crippen LogP contribution >= 0.6 is 12.4 Å². The van der Waals surface area contributed by atoms with Gasteiger partial charge in [0.05, 0.1) is 12.3 Å². The summed E-state index contributed by atoms with van der Waals surface area (Å²) in [5.74, 6) is 0. The third-order valence-corrected chi connectivity index (χ3v) is 2.91. The summed E-state index contributed by atoms with van der Waals surface area (Å²) in [4.78, 5) is 0. The van der Waals surface area contributed by atoms with Crippen molar-refractivity contribution in [2.75, 3.05) is 13.2 Å². The second kappa shape index (κ2) is 6.99. The largest absolute Gasteiger partial charge is 0.377 e. The minimum Gasteiger partial charge on any atom is -0.377 e. The van der Waals surface area contributed by atoms with Gasteiger partial charge in [-0.25, -0.2) is 0 Å². The average molecular weight is 260 g/mol. The van der Waals surface area contributed by atoms with Gasteiger partial charge in [0.25, 0.3) is 0 Å². The second-order valence-corrected chi connectivity index (χ2v) is 4.69. The zero-order valence-electron chi connectivity index (χ0n) is 10.6. The van der Waals surface area contributed by atoms with Crippen LogP contribution in [0.4, 0.5) is 0 Å². The molecule has 1 aliphatic rings. The van der Waals surface area contributed by atoms with Crippen molar-refractivity contribution in [3.8, 4) is 0 Å². The van der Waals surface area contributed by atoms with Crippen LogP contribution in [0.25, 0.3) is 0 Å². The maximum Gasteiger partial charge on any atom is 0.0700 e. The van der Waals surface area contributed by atoms with E-state index in [4.69, 9.17) is 4.74 Å². The van der Waals surface area contributed by atoms with Crippen molar-refractivity contribution >= 4 is 12.4 Å². The maximum absolute atomic E-state index is 5.55. The van der Waals surface area contributed by atoms with Crippen molar-refractivity contribution in [3.05, 3.63) is 18.0 Å². The van der Waals surface area contributed by atoms with Crippen molar-refractivity contribution in [2.24, 2.45) is 0 Å². The van der Waals surface area contributed by atoms with Gasteiger partial charge in [-0.3, -0.25) is 4.68 Å². The van der Waals surface area contributed by atoms with E-state index in [2.05, 4.69) is 30.5 Å². The molecule has 0 aromatic carbocycles. The standard InChI is InChI=1S/C12H21N3O.ClH/c1-10(2)15-9-11(7-14-15)6-13-8-12-4-3-5-16-12;/h7,9-10,12-13H,3-6,8H2,1-2H3;1H. The number of hydrogen-bond donors (Lipinski definition) is 1. The smallest absolute Gasteiger partial charge is 0.0700 e. The summed E-state index contributed by atoms with van der Waals surface area (Å²) in [6.07, 6.45) is 6.85. The fourth-order valence-corrected chi connectivity index (χ4v) is 1.93. The zero-order chi connectivity index (χ0) is 11.4. The molecule has 2 rings (SSSR count). The van der Waals surface area contributed by atoms with Crippen LogP contribution in [0.15, 0.2) is 12.4 Å². The van der Waals surface area contributed by atoms with Crippen LogP contribution in [0.1, 0.15) is 38.3 Å². The van der Waals surface area contributed by atoms with Crippen LogP contribution < -0.4 is 5.32 Å². The lowest BCUT2D eigenvalue weighted by atomic mass is 10.2. The van der Waals surface area contributed by atoms with Gasteiger partial charge >= 0.3 is 0 Å². The Morgan fingerprint density at radius 1 is 1.59 bits per heavy atom. The van der Waals surface area contributed by atoms with E-state index in [0.717, 1.165) is 19.7 Å². The second-order valence-electron chi connectivity index (χ2n) is 4.69. The fraction of sp³-hybridized carbons (Fsp3) is 0.750. The van der Waals surface area contributed by atoms with Gasteiger partial charge < -0.3 is 10.1 Å². The predicted molar refractivity (Wildman–Crippen MR) is 70.5 cm³/mol. The molecular formula is C12H22ClN3O. The lowest BCUT2D eigenvalue weighted by Crippen LogP contribution is -2.25. The number of nitrogens with one attached hydrogen (secondary N) is 1. The number of rotatable bonds is 5. The molecule has 0 amide bonds. The summed E-state index contributed by atoms with van der Waals surface area (Å²) in [6.45, 7) is 7.03. The van der Waals surface area contributed by atoms with Crippen molar-refractivity contribution in [1.29, 1.82) is 0 Å². The third-order valence-electron chi connectivity index (χ3n) is 2.91. The van der Waals surface area contributed by atoms with Crippen molar-refractivity contribution < 1.29 is 4.74 Å². The van der Waals surface area contributed by atoms with Gasteiger partial charge in [-0.15, -0.1) is 12.4 Å². The molecule has 4 nitrogen and oxygen atoms in total. The van der Waals surface area contributed by atoms with Gasteiger partial charge in [0.2, 0.25) is 0 Å². The molecule has 0 spiro atoms. The number of hydrogen-bond acceptors (Lipinski definition) is 3. The van der Waals surface area contributed by atoms with E-state index in [1.165, 1.54) is 18.4 Å². The molecule has 1 aromatic rings. The Hall–Kier alpha value is -0.580. The van der Waals surface area contributed by atoms with E-state index in [9.17, 15) is 0 Å². The molecule has 1 unspecified atom stereocenters. The molecule has 5 heteroatoms. The summed E-state index contributed by atoms with van der Waals surface area (Å²) < 4.78 is 7.54. The van der Waals surface area contributed by atoms with E-state index in [0.29, 0.717) is 12.1 Å². The minimum atomic E-state index is 0. The molecule has 1 saturated heterocycles. The topological polar surface area (TPSA) is 39.1 Å². The first-order valence-electron chi connectivity index (χ1n) is 6.11. The lowest BCUT2D eigenvalue weighted by Gasteiger charge is -2.09. The van der Waals surface area contributed by atoms with Crippen molar-refractivity contribution in [2.45, 2.75) is 45.4 Å². The summed E-state index contributed by atoms with van der Waals surface area (Å²) >= 11 is 0. The summed E-state index contributed by atoms with van der Waals surface area (Å²) in [6, 6.07) is 0.437. The average Bonchev–Trinajstić information content (AvgIpc) is 2.87. The molecule has 0 radical (unpaired) electrons. The van der Waals surface area contributed by atoms with Gasteiger partial charge in [0, 0.05) is 37.5 Å². The number of nitrogens with zero attached hydrogens (tertiary/aromatic N) is 2. The van der Waals surface area contributed by atoms with Gasteiger partial charge in [-0.2, -0.15) is 5.10 Å². The molecule has 1 N–H and O–H groups in total. The first-order valence-corrected chi connectivity index (χ1v) is 6.11. The monoisotopic (exact) mass is 259 g/mol. The zero-order valence-corrected chi connectivity index (χ0v) is 11.4. The minimum absolute atomic E-state index is 0. The summed E-state index contributed by atoms with van der Waals surface area (Å²) in [5.41, 5.74) is 1.24. The van der Waals surface area contributed by atoms with Crippen molar-refractivity contribution in [1.82, 2.24) is 15.1 Å². The van der Waals surface area contributed by atoms with E-state index in [1.54, 1.807) is 0 Å². The van der Waals surface area contributed by atoms with E-state index < -0.39 is 0 Å². The Balaban J connectivity index is 0.00000144. The normalized spacial score (nSPS) is 19.6. The van der Waals surface area contributed by atoms with E-state index in [1.807, 2.05) is 10.9 Å². The highest BCUT2D eigenvalue weighted by Crippen LogP contribution is 2.11.